The van der Waals surface area contributed by atoms with E-state index < -0.39 is 12.1 Å². The minimum Gasteiger partial charge on any atom is -0.449 e. The van der Waals surface area contributed by atoms with Crippen molar-refractivity contribution in [2.75, 3.05) is 5.73 Å². The van der Waals surface area contributed by atoms with Crippen LogP contribution in [0, 0.1) is 3.57 Å². The number of nitrogens with one attached hydrogen (secondary N) is 1. The number of hydrogen-bond acceptors (Lipinski definition) is 4. The topological polar surface area (TPSA) is 81.4 Å². The number of halogens is 1. The molecule has 1 fully saturated rings. The smallest absolute Gasteiger partial charge is 0.341 e. The van der Waals surface area contributed by atoms with Gasteiger partial charge >= 0.3 is 5.97 Å². The second-order valence-electron chi connectivity index (χ2n) is 4.56. The summed E-state index contributed by atoms with van der Waals surface area (Å²) in [6.45, 7) is 1.56. The normalized spacial score (nSPS) is 15.7. The van der Waals surface area contributed by atoms with Crippen LogP contribution in [0.3, 0.4) is 0 Å². The highest BCUT2D eigenvalue weighted by Gasteiger charge is 2.27. The van der Waals surface area contributed by atoms with Crippen LogP contribution in [-0.4, -0.2) is 24.0 Å². The summed E-state index contributed by atoms with van der Waals surface area (Å²) in [5.74, 6) is -0.838. The van der Waals surface area contributed by atoms with Crippen molar-refractivity contribution in [1.29, 1.82) is 0 Å². The van der Waals surface area contributed by atoms with Gasteiger partial charge in [-0.25, -0.2) is 4.79 Å². The number of carbonyl (C=O) groups is 2. The number of nitrogens with two attached hydrogens (primary N) is 1. The lowest BCUT2D eigenvalue weighted by Crippen LogP contribution is -2.37. The van der Waals surface area contributed by atoms with E-state index >= 15 is 0 Å². The fraction of sp³-hybridized carbons (Fsp3) is 0.385. The van der Waals surface area contributed by atoms with Gasteiger partial charge in [-0.05, 0) is 60.6 Å². The van der Waals surface area contributed by atoms with E-state index in [9.17, 15) is 9.59 Å². The minimum absolute atomic E-state index is 0.247. The van der Waals surface area contributed by atoms with Gasteiger partial charge in [0.05, 0.1) is 5.56 Å². The van der Waals surface area contributed by atoms with E-state index in [1.165, 1.54) is 0 Å². The Bertz CT molecular complexity index is 515. The van der Waals surface area contributed by atoms with Crippen LogP contribution in [0.5, 0.6) is 0 Å². The SMILES string of the molecule is C[C@H](OC(=O)c1cc(I)ccc1N)C(=O)NC1CC1. The summed E-state index contributed by atoms with van der Waals surface area (Å²) in [6.07, 6.45) is 1.18. The first kappa shape index (κ1) is 14.1. The lowest BCUT2D eigenvalue weighted by Gasteiger charge is -2.14. The summed E-state index contributed by atoms with van der Waals surface area (Å²) in [4.78, 5) is 23.6. The maximum Gasteiger partial charge on any atom is 0.341 e. The molecule has 102 valence electrons. The number of ether oxygens (including phenoxy) is 1. The molecule has 1 amide bonds. The molecule has 19 heavy (non-hydrogen) atoms. The molecule has 1 aliphatic rings. The molecule has 0 aliphatic heterocycles. The van der Waals surface area contributed by atoms with Crippen LogP contribution in [0.2, 0.25) is 0 Å². The standard InChI is InChI=1S/C13H15IN2O3/c1-7(12(17)16-9-3-4-9)19-13(18)10-6-8(14)2-5-11(10)15/h2,5-7,9H,3-4,15H2,1H3,(H,16,17)/t7-/m0/s1. The van der Waals surface area contributed by atoms with E-state index in [1.807, 2.05) is 0 Å². The van der Waals surface area contributed by atoms with Gasteiger partial charge in [0.1, 0.15) is 0 Å². The quantitative estimate of drug-likeness (QED) is 0.478. The highest BCUT2D eigenvalue weighted by Crippen LogP contribution is 2.20. The van der Waals surface area contributed by atoms with E-state index in [1.54, 1.807) is 25.1 Å². The van der Waals surface area contributed by atoms with Gasteiger partial charge in [-0.1, -0.05) is 0 Å². The maximum absolute atomic E-state index is 11.9. The van der Waals surface area contributed by atoms with Crippen molar-refractivity contribution in [3.8, 4) is 0 Å². The zero-order valence-electron chi connectivity index (χ0n) is 10.5. The van der Waals surface area contributed by atoms with Crippen LogP contribution in [0.15, 0.2) is 18.2 Å². The zero-order chi connectivity index (χ0) is 14.0. The van der Waals surface area contributed by atoms with Gasteiger partial charge in [0.2, 0.25) is 0 Å². The van der Waals surface area contributed by atoms with Gasteiger partial charge in [-0.15, -0.1) is 0 Å². The number of rotatable bonds is 4. The van der Waals surface area contributed by atoms with E-state index in [-0.39, 0.29) is 17.5 Å². The monoisotopic (exact) mass is 374 g/mol. The molecular weight excluding hydrogens is 359 g/mol. The first-order valence-electron chi connectivity index (χ1n) is 6.03. The molecule has 0 radical (unpaired) electrons. The zero-order valence-corrected chi connectivity index (χ0v) is 12.6. The molecule has 6 heteroatoms. The van der Waals surface area contributed by atoms with Gasteiger partial charge in [0.15, 0.2) is 6.10 Å². The van der Waals surface area contributed by atoms with Crippen molar-refractivity contribution in [3.63, 3.8) is 0 Å². The molecule has 1 aromatic rings. The Kier molecular flexibility index (Phi) is 4.28. The molecule has 1 saturated carbocycles. The number of hydrogen-bond donors (Lipinski definition) is 2. The van der Waals surface area contributed by atoms with Crippen molar-refractivity contribution in [3.05, 3.63) is 27.3 Å². The van der Waals surface area contributed by atoms with Crippen LogP contribution in [0.25, 0.3) is 0 Å². The third-order valence-corrected chi connectivity index (χ3v) is 3.48. The van der Waals surface area contributed by atoms with Crippen molar-refractivity contribution in [1.82, 2.24) is 5.32 Å². The fourth-order valence-corrected chi connectivity index (χ4v) is 2.02. The molecule has 0 aromatic heterocycles. The van der Waals surface area contributed by atoms with Gasteiger partial charge in [0.25, 0.3) is 5.91 Å². The Balaban J connectivity index is 1.99. The lowest BCUT2D eigenvalue weighted by molar-refractivity contribution is -0.129. The predicted molar refractivity (Wildman–Crippen MR) is 79.6 cm³/mol. The van der Waals surface area contributed by atoms with Gasteiger partial charge in [-0.2, -0.15) is 0 Å². The van der Waals surface area contributed by atoms with Crippen LogP contribution >= 0.6 is 22.6 Å². The third-order valence-electron chi connectivity index (χ3n) is 2.81. The first-order valence-corrected chi connectivity index (χ1v) is 7.11. The molecule has 0 spiro atoms. The van der Waals surface area contributed by atoms with Crippen molar-refractivity contribution >= 4 is 40.2 Å². The van der Waals surface area contributed by atoms with E-state index in [0.29, 0.717) is 5.69 Å². The largest absolute Gasteiger partial charge is 0.449 e. The van der Waals surface area contributed by atoms with Crippen LogP contribution < -0.4 is 11.1 Å². The van der Waals surface area contributed by atoms with E-state index in [2.05, 4.69) is 27.9 Å². The number of amides is 1. The van der Waals surface area contributed by atoms with E-state index in [4.69, 9.17) is 10.5 Å². The molecule has 5 nitrogen and oxygen atoms in total. The van der Waals surface area contributed by atoms with Crippen molar-refractivity contribution in [2.24, 2.45) is 0 Å². The molecule has 0 unspecified atom stereocenters. The van der Waals surface area contributed by atoms with Crippen molar-refractivity contribution in [2.45, 2.75) is 31.9 Å². The molecule has 0 heterocycles. The average molecular weight is 374 g/mol. The fourth-order valence-electron chi connectivity index (χ4n) is 1.53. The van der Waals surface area contributed by atoms with Crippen LogP contribution in [-0.2, 0) is 9.53 Å². The van der Waals surface area contributed by atoms with E-state index in [0.717, 1.165) is 16.4 Å². The summed E-state index contributed by atoms with van der Waals surface area (Å²) in [6, 6.07) is 5.34. The van der Waals surface area contributed by atoms with Crippen LogP contribution in [0.1, 0.15) is 30.1 Å². The number of esters is 1. The predicted octanol–water partition coefficient (Wildman–Crippen LogP) is 1.70. The minimum atomic E-state index is -0.814. The molecule has 0 saturated heterocycles. The average Bonchev–Trinajstić information content (AvgIpc) is 3.15. The summed E-state index contributed by atoms with van der Waals surface area (Å²) < 4.78 is 6.01. The molecule has 0 bridgehead atoms. The molecule has 3 N–H and O–H groups in total. The third kappa shape index (κ3) is 3.82. The maximum atomic E-state index is 11.9. The molecule has 1 atom stereocenters. The number of carbonyl (C=O) groups excluding carboxylic acids is 2. The Morgan fingerprint density at radius 3 is 2.79 bits per heavy atom. The van der Waals surface area contributed by atoms with Gasteiger partial charge < -0.3 is 15.8 Å². The number of nitrogen functional groups attached to an aromatic ring is 1. The Morgan fingerprint density at radius 2 is 2.16 bits per heavy atom. The molecule has 1 aromatic carbocycles. The van der Waals surface area contributed by atoms with Crippen LogP contribution in [0.4, 0.5) is 5.69 Å². The first-order chi connectivity index (χ1) is 8.97. The summed E-state index contributed by atoms with van der Waals surface area (Å²) in [5.41, 5.74) is 6.37. The van der Waals surface area contributed by atoms with Gasteiger partial charge in [-0.3, -0.25) is 4.79 Å². The van der Waals surface area contributed by atoms with Gasteiger partial charge in [0, 0.05) is 15.3 Å². The molecule has 1 aliphatic carbocycles. The summed E-state index contributed by atoms with van der Waals surface area (Å²) in [5, 5.41) is 2.79. The van der Waals surface area contributed by atoms with Crippen molar-refractivity contribution < 1.29 is 14.3 Å². The molecular formula is C13H15IN2O3. The Morgan fingerprint density at radius 1 is 1.47 bits per heavy atom. The highest BCUT2D eigenvalue weighted by molar-refractivity contribution is 14.1. The summed E-state index contributed by atoms with van der Waals surface area (Å²) in [7, 11) is 0. The Hall–Kier alpha value is -1.31. The Labute approximate surface area is 125 Å². The number of benzene rings is 1. The second kappa shape index (κ2) is 5.77. The lowest BCUT2D eigenvalue weighted by atomic mass is 10.2. The molecule has 2 rings (SSSR count). The number of anilines is 1. The highest BCUT2D eigenvalue weighted by atomic mass is 127. The second-order valence-corrected chi connectivity index (χ2v) is 5.81. The summed E-state index contributed by atoms with van der Waals surface area (Å²) >= 11 is 2.08.